The fourth-order valence-corrected chi connectivity index (χ4v) is 2.56. The van der Waals surface area contributed by atoms with E-state index in [1.807, 2.05) is 56.3 Å². The lowest BCUT2D eigenvalue weighted by molar-refractivity contribution is -0.119. The number of carbonyl (C=O) groups excluding carboxylic acids is 1. The van der Waals surface area contributed by atoms with E-state index in [1.165, 1.54) is 6.20 Å². The Morgan fingerprint density at radius 3 is 2.46 bits per heavy atom. The number of carbonyl (C=O) groups is 1. The van der Waals surface area contributed by atoms with Crippen LogP contribution in [0.3, 0.4) is 0 Å². The molecule has 2 aromatic carbocycles. The first-order valence-corrected chi connectivity index (χ1v) is 8.34. The number of amides is 1. The number of anilines is 1. The van der Waals surface area contributed by atoms with E-state index >= 15 is 0 Å². The molecule has 3 rings (SSSR count). The second-order valence-corrected chi connectivity index (χ2v) is 6.27. The van der Waals surface area contributed by atoms with Gasteiger partial charge in [0.2, 0.25) is 5.91 Å². The predicted octanol–water partition coefficient (Wildman–Crippen LogP) is 3.12. The van der Waals surface area contributed by atoms with Crippen LogP contribution in [0, 0.1) is 13.8 Å². The summed E-state index contributed by atoms with van der Waals surface area (Å²) in [5.41, 5.74) is 3.57. The lowest BCUT2D eigenvalue weighted by atomic mass is 10.1. The van der Waals surface area contributed by atoms with Gasteiger partial charge in [-0.25, -0.2) is 9.48 Å². The van der Waals surface area contributed by atoms with E-state index < -0.39 is 11.7 Å². The van der Waals surface area contributed by atoms with Gasteiger partial charge in [0, 0.05) is 11.3 Å². The Kier molecular flexibility index (Phi) is 4.93. The van der Waals surface area contributed by atoms with E-state index in [2.05, 4.69) is 15.4 Å². The third kappa shape index (κ3) is 3.85. The molecule has 1 heterocycles. The molecule has 0 fully saturated rings. The molecule has 3 aromatic rings. The largest absolute Gasteiger partial charge is 0.365 e. The summed E-state index contributed by atoms with van der Waals surface area (Å²) < 4.78 is 1.09. The monoisotopic (exact) mass is 348 g/mol. The number of aromatic nitrogens is 3. The third-order valence-corrected chi connectivity index (χ3v) is 4.10. The highest BCUT2D eigenvalue weighted by Crippen LogP contribution is 2.16. The molecular formula is C20H20N4O2. The third-order valence-electron chi connectivity index (χ3n) is 4.10. The van der Waals surface area contributed by atoms with Gasteiger partial charge in [-0.15, -0.1) is 0 Å². The Labute approximate surface area is 151 Å². The Bertz CT molecular complexity index is 993. The van der Waals surface area contributed by atoms with Gasteiger partial charge < -0.3 is 5.32 Å². The molecule has 1 atom stereocenters. The van der Waals surface area contributed by atoms with Crippen LogP contribution >= 0.6 is 0 Å². The Morgan fingerprint density at radius 2 is 1.81 bits per heavy atom. The fourth-order valence-electron chi connectivity index (χ4n) is 2.56. The van der Waals surface area contributed by atoms with Gasteiger partial charge in [-0.2, -0.15) is 10.1 Å². The number of nitrogens with one attached hydrogen (secondary N) is 1. The molecule has 6 heteroatoms. The van der Waals surface area contributed by atoms with Crippen LogP contribution in [0.15, 0.2) is 59.5 Å². The van der Waals surface area contributed by atoms with Crippen molar-refractivity contribution < 1.29 is 4.79 Å². The highest BCUT2D eigenvalue weighted by atomic mass is 16.2. The van der Waals surface area contributed by atoms with E-state index in [0.717, 1.165) is 21.4 Å². The molecule has 6 nitrogen and oxygen atoms in total. The number of benzene rings is 2. The summed E-state index contributed by atoms with van der Waals surface area (Å²) in [6.07, 6.45) is 1.50. The number of hydrogen-bond acceptors (Lipinski definition) is 4. The molecule has 0 saturated heterocycles. The van der Waals surface area contributed by atoms with Crippen molar-refractivity contribution in [1.82, 2.24) is 14.8 Å². The maximum atomic E-state index is 12.4. The maximum Gasteiger partial charge on any atom is 0.365 e. The average molecular weight is 348 g/mol. The minimum absolute atomic E-state index is 0.324. The maximum absolute atomic E-state index is 12.4. The molecule has 0 aliphatic carbocycles. The van der Waals surface area contributed by atoms with Crippen LogP contribution in [-0.4, -0.2) is 20.7 Å². The number of aryl methyl sites for hydroxylation is 2. The summed E-state index contributed by atoms with van der Waals surface area (Å²) in [7, 11) is 0. The fraction of sp³-hybridized carbons (Fsp3) is 0.200. The summed E-state index contributed by atoms with van der Waals surface area (Å²) in [4.78, 5) is 28.8. The van der Waals surface area contributed by atoms with Crippen molar-refractivity contribution in [2.75, 3.05) is 5.32 Å². The van der Waals surface area contributed by atoms with Crippen molar-refractivity contribution in [3.8, 4) is 11.3 Å². The lowest BCUT2D eigenvalue weighted by Gasteiger charge is -2.14. The molecular weight excluding hydrogens is 328 g/mol. The summed E-state index contributed by atoms with van der Waals surface area (Å²) in [5, 5.41) is 6.93. The number of nitrogens with zero attached hydrogens (tertiary/aromatic N) is 3. The molecule has 26 heavy (non-hydrogen) atoms. The first-order chi connectivity index (χ1) is 12.4. The number of rotatable bonds is 4. The zero-order chi connectivity index (χ0) is 18.7. The van der Waals surface area contributed by atoms with Crippen LogP contribution in [0.1, 0.15) is 24.1 Å². The minimum Gasteiger partial charge on any atom is -0.324 e. The molecule has 1 amide bonds. The van der Waals surface area contributed by atoms with E-state index in [1.54, 1.807) is 13.0 Å². The van der Waals surface area contributed by atoms with Gasteiger partial charge in [-0.1, -0.05) is 42.0 Å². The lowest BCUT2D eigenvalue weighted by Crippen LogP contribution is -2.34. The van der Waals surface area contributed by atoms with Crippen LogP contribution in [0.2, 0.25) is 0 Å². The molecule has 0 saturated carbocycles. The standard InChI is InChI=1S/C20H20N4O2/c1-13-7-9-16(10-8-13)18-12-21-24(20(26)23-18)15(3)19(25)22-17-6-4-5-14(2)11-17/h4-12,15H,1-3H3,(H,22,25)/t15-/m1/s1. The molecule has 1 N–H and O–H groups in total. The van der Waals surface area contributed by atoms with Crippen molar-refractivity contribution in [2.24, 2.45) is 0 Å². The smallest absolute Gasteiger partial charge is 0.324 e. The molecule has 0 aliphatic rings. The van der Waals surface area contributed by atoms with Gasteiger partial charge in [0.1, 0.15) is 6.04 Å². The molecule has 1 aromatic heterocycles. The van der Waals surface area contributed by atoms with E-state index in [-0.39, 0.29) is 5.91 Å². The van der Waals surface area contributed by atoms with Gasteiger partial charge in [-0.3, -0.25) is 4.79 Å². The average Bonchev–Trinajstić information content (AvgIpc) is 2.61. The first kappa shape index (κ1) is 17.5. The second-order valence-electron chi connectivity index (χ2n) is 6.27. The van der Waals surface area contributed by atoms with E-state index in [0.29, 0.717) is 11.4 Å². The Morgan fingerprint density at radius 1 is 1.08 bits per heavy atom. The molecule has 0 spiro atoms. The summed E-state index contributed by atoms with van der Waals surface area (Å²) in [5.74, 6) is -0.324. The minimum atomic E-state index is -0.775. The summed E-state index contributed by atoms with van der Waals surface area (Å²) in [6.45, 7) is 5.55. The second kappa shape index (κ2) is 7.31. The van der Waals surface area contributed by atoms with Crippen LogP contribution in [0.5, 0.6) is 0 Å². The van der Waals surface area contributed by atoms with Crippen molar-refractivity contribution in [3.63, 3.8) is 0 Å². The van der Waals surface area contributed by atoms with Gasteiger partial charge in [0.15, 0.2) is 0 Å². The molecule has 0 unspecified atom stereocenters. The summed E-state index contributed by atoms with van der Waals surface area (Å²) in [6, 6.07) is 14.3. The van der Waals surface area contributed by atoms with E-state index in [9.17, 15) is 9.59 Å². The SMILES string of the molecule is Cc1ccc(-c2cnn([C@H](C)C(=O)Nc3cccc(C)c3)c(=O)n2)cc1. The highest BCUT2D eigenvalue weighted by molar-refractivity contribution is 5.93. The molecule has 132 valence electrons. The Balaban J connectivity index is 1.81. The van der Waals surface area contributed by atoms with Crippen molar-refractivity contribution in [3.05, 3.63) is 76.3 Å². The molecule has 0 aliphatic heterocycles. The van der Waals surface area contributed by atoms with Crippen LogP contribution in [-0.2, 0) is 4.79 Å². The normalized spacial score (nSPS) is 11.8. The molecule has 0 bridgehead atoms. The van der Waals surface area contributed by atoms with Crippen molar-refractivity contribution in [2.45, 2.75) is 26.8 Å². The van der Waals surface area contributed by atoms with Crippen LogP contribution in [0.25, 0.3) is 11.3 Å². The van der Waals surface area contributed by atoms with Gasteiger partial charge >= 0.3 is 5.69 Å². The highest BCUT2D eigenvalue weighted by Gasteiger charge is 2.18. The van der Waals surface area contributed by atoms with Crippen molar-refractivity contribution >= 4 is 11.6 Å². The topological polar surface area (TPSA) is 76.9 Å². The molecule has 0 radical (unpaired) electrons. The van der Waals surface area contributed by atoms with E-state index in [4.69, 9.17) is 0 Å². The summed E-state index contributed by atoms with van der Waals surface area (Å²) >= 11 is 0. The quantitative estimate of drug-likeness (QED) is 0.786. The zero-order valence-corrected chi connectivity index (χ0v) is 14.9. The Hall–Kier alpha value is -3.28. The van der Waals surface area contributed by atoms with Gasteiger partial charge in [0.25, 0.3) is 0 Å². The van der Waals surface area contributed by atoms with Crippen LogP contribution < -0.4 is 11.0 Å². The first-order valence-electron chi connectivity index (χ1n) is 8.34. The van der Waals surface area contributed by atoms with Gasteiger partial charge in [0.05, 0.1) is 11.9 Å². The predicted molar refractivity (Wildman–Crippen MR) is 101 cm³/mol. The zero-order valence-electron chi connectivity index (χ0n) is 14.9. The number of hydrogen-bond donors (Lipinski definition) is 1. The van der Waals surface area contributed by atoms with Gasteiger partial charge in [-0.05, 0) is 38.5 Å². The van der Waals surface area contributed by atoms with Crippen LogP contribution in [0.4, 0.5) is 5.69 Å². The van der Waals surface area contributed by atoms with Crippen molar-refractivity contribution in [1.29, 1.82) is 0 Å².